The molecule has 0 aliphatic heterocycles. The Morgan fingerprint density at radius 2 is 1.34 bits per heavy atom. The Bertz CT molecular complexity index is 1180. The number of benzene rings is 3. The molecule has 1 aliphatic carbocycles. The molecule has 0 radical (unpaired) electrons. The van der Waals surface area contributed by atoms with Crippen molar-refractivity contribution in [3.63, 3.8) is 0 Å². The van der Waals surface area contributed by atoms with E-state index >= 15 is 4.57 Å². The van der Waals surface area contributed by atoms with Gasteiger partial charge in [-0.05, 0) is 72.3 Å². The lowest BCUT2D eigenvalue weighted by Crippen LogP contribution is -2.37. The summed E-state index contributed by atoms with van der Waals surface area (Å²) in [6, 6.07) is 29.0. The van der Waals surface area contributed by atoms with E-state index in [-0.39, 0.29) is 12.1 Å². The molecule has 0 bridgehead atoms. The second-order valence-electron chi connectivity index (χ2n) is 11.9. The maximum Gasteiger partial charge on any atom is 0.253 e. The Morgan fingerprint density at radius 1 is 0.763 bits per heavy atom. The van der Waals surface area contributed by atoms with Gasteiger partial charge in [-0.1, -0.05) is 114 Å². The third-order valence-corrected chi connectivity index (χ3v) is 11.1. The molecule has 4 rings (SSSR count). The van der Waals surface area contributed by atoms with Crippen LogP contribution in [0.1, 0.15) is 95.2 Å². The quantitative estimate of drug-likeness (QED) is 0.265. The molecule has 1 saturated carbocycles. The summed E-state index contributed by atoms with van der Waals surface area (Å²) in [5.74, 6) is 1.42. The minimum absolute atomic E-state index is 0.00205. The number of nitrogens with one attached hydrogen (secondary N) is 1. The van der Waals surface area contributed by atoms with Crippen molar-refractivity contribution in [2.45, 2.75) is 84.7 Å². The summed E-state index contributed by atoms with van der Waals surface area (Å²) < 4.78 is 22.6. The normalized spacial score (nSPS) is 23.2. The van der Waals surface area contributed by atoms with E-state index in [2.05, 4.69) is 95.4 Å². The van der Waals surface area contributed by atoms with Crippen molar-refractivity contribution in [2.75, 3.05) is 0 Å². The second-order valence-corrected chi connectivity index (χ2v) is 14.4. The van der Waals surface area contributed by atoms with E-state index in [1.807, 2.05) is 36.4 Å². The van der Waals surface area contributed by atoms with Crippen molar-refractivity contribution in [1.29, 1.82) is 0 Å². The molecule has 1 N–H and O–H groups in total. The van der Waals surface area contributed by atoms with Gasteiger partial charge in [-0.25, -0.2) is 0 Å². The molecular weight excluding hydrogens is 485 g/mol. The molecule has 3 nitrogen and oxygen atoms in total. The van der Waals surface area contributed by atoms with Gasteiger partial charge in [-0.3, -0.25) is 9.88 Å². The molecule has 38 heavy (non-hydrogen) atoms. The zero-order valence-corrected chi connectivity index (χ0v) is 24.9. The average Bonchev–Trinajstić information content (AvgIpc) is 2.92. The van der Waals surface area contributed by atoms with E-state index in [4.69, 9.17) is 4.52 Å². The molecule has 1 fully saturated rings. The van der Waals surface area contributed by atoms with Gasteiger partial charge in [0.1, 0.15) is 5.78 Å². The first-order valence-corrected chi connectivity index (χ1v) is 16.1. The van der Waals surface area contributed by atoms with Gasteiger partial charge in [-0.2, -0.15) is 0 Å². The molecule has 0 aromatic heterocycles. The van der Waals surface area contributed by atoms with E-state index in [1.165, 1.54) is 17.5 Å². The maximum atomic E-state index is 15.6. The van der Waals surface area contributed by atoms with Gasteiger partial charge < -0.3 is 4.52 Å². The molecule has 4 heteroatoms. The molecule has 3 aromatic carbocycles. The molecule has 0 spiro atoms. The van der Waals surface area contributed by atoms with Crippen LogP contribution >= 0.6 is 7.37 Å². The Morgan fingerprint density at radius 3 is 1.92 bits per heavy atom. The van der Waals surface area contributed by atoms with Crippen LogP contribution in [0, 0.1) is 17.8 Å². The Balaban J connectivity index is 1.81. The molecule has 0 heterocycles. The lowest BCUT2D eigenvalue weighted by Gasteiger charge is -2.41. The standard InChI is InChI=1S/C34H46NO2P/c1-24(2)28-18-20-30(21-19-28)34(35-27(6)29-13-9-7-10-14-29)38(36,31-15-11-8-12-16-31)37-33-23-26(5)17-22-32(33)25(3)4/h7-16,18-21,24-27,32-35H,17,22-23H2,1-6H3/t26-,27-,32+,33-,34+,38?/m1/s1. The summed E-state index contributed by atoms with van der Waals surface area (Å²) in [7, 11) is -3.40. The fourth-order valence-electron chi connectivity index (χ4n) is 5.87. The van der Waals surface area contributed by atoms with E-state index in [0.717, 1.165) is 23.7 Å². The number of rotatable bonds is 10. The molecule has 3 aromatic rings. The Labute approximate surface area is 230 Å². The minimum atomic E-state index is -3.40. The summed E-state index contributed by atoms with van der Waals surface area (Å²) in [4.78, 5) is 0. The number of hydrogen-bond acceptors (Lipinski definition) is 3. The third kappa shape index (κ3) is 6.68. The van der Waals surface area contributed by atoms with E-state index in [0.29, 0.717) is 23.7 Å². The van der Waals surface area contributed by atoms with Crippen LogP contribution < -0.4 is 10.6 Å². The van der Waals surface area contributed by atoms with Crippen molar-refractivity contribution in [1.82, 2.24) is 5.32 Å². The maximum absolute atomic E-state index is 15.6. The van der Waals surface area contributed by atoms with Crippen LogP contribution in [0.3, 0.4) is 0 Å². The topological polar surface area (TPSA) is 38.3 Å². The first kappa shape index (κ1) is 28.8. The monoisotopic (exact) mass is 531 g/mol. The second kappa shape index (κ2) is 12.8. The van der Waals surface area contributed by atoms with Gasteiger partial charge in [-0.15, -0.1) is 0 Å². The summed E-state index contributed by atoms with van der Waals surface area (Å²) in [5, 5.41) is 4.58. The van der Waals surface area contributed by atoms with Crippen LogP contribution in [0.4, 0.5) is 0 Å². The fraction of sp³-hybridized carbons (Fsp3) is 0.471. The van der Waals surface area contributed by atoms with Gasteiger partial charge in [0, 0.05) is 11.3 Å². The first-order valence-electron chi connectivity index (χ1n) is 14.4. The molecule has 204 valence electrons. The lowest BCUT2D eigenvalue weighted by molar-refractivity contribution is 0.0479. The van der Waals surface area contributed by atoms with Crippen molar-refractivity contribution >= 4 is 12.7 Å². The molecule has 6 atom stereocenters. The van der Waals surface area contributed by atoms with Crippen LogP contribution in [-0.4, -0.2) is 6.10 Å². The predicted molar refractivity (Wildman–Crippen MR) is 161 cm³/mol. The Hall–Kier alpha value is -2.19. The van der Waals surface area contributed by atoms with Crippen molar-refractivity contribution < 1.29 is 9.09 Å². The van der Waals surface area contributed by atoms with Gasteiger partial charge in [0.15, 0.2) is 0 Å². The van der Waals surface area contributed by atoms with Crippen LogP contribution in [0.15, 0.2) is 84.9 Å². The zero-order valence-electron chi connectivity index (χ0n) is 24.0. The van der Waals surface area contributed by atoms with Gasteiger partial charge >= 0.3 is 0 Å². The van der Waals surface area contributed by atoms with E-state index in [9.17, 15) is 0 Å². The lowest BCUT2D eigenvalue weighted by atomic mass is 9.75. The zero-order chi connectivity index (χ0) is 27.3. The molecular formula is C34H46NO2P. The van der Waals surface area contributed by atoms with Crippen LogP contribution in [-0.2, 0) is 9.09 Å². The highest BCUT2D eigenvalue weighted by Gasteiger charge is 2.43. The fourth-order valence-corrected chi connectivity index (χ4v) is 8.63. The largest absolute Gasteiger partial charge is 0.320 e. The smallest absolute Gasteiger partial charge is 0.253 e. The van der Waals surface area contributed by atoms with Crippen LogP contribution in [0.2, 0.25) is 0 Å². The number of hydrogen-bond donors (Lipinski definition) is 1. The van der Waals surface area contributed by atoms with E-state index in [1.54, 1.807) is 0 Å². The third-order valence-electron chi connectivity index (χ3n) is 8.34. The summed E-state index contributed by atoms with van der Waals surface area (Å²) in [6.07, 6.45) is 3.25. The minimum Gasteiger partial charge on any atom is -0.320 e. The first-order chi connectivity index (χ1) is 18.2. The van der Waals surface area contributed by atoms with Gasteiger partial charge in [0.25, 0.3) is 7.37 Å². The van der Waals surface area contributed by atoms with Gasteiger partial charge in [0.05, 0.1) is 6.10 Å². The van der Waals surface area contributed by atoms with Gasteiger partial charge in [0.2, 0.25) is 0 Å². The SMILES string of the molecule is CC(C)c1ccc([C@@H](N[C@H](C)c2ccccc2)P(=O)(O[C@@H]2C[C@H](C)CC[C@H]2C(C)C)c2ccccc2)cc1. The molecule has 1 aliphatic rings. The Kier molecular flexibility index (Phi) is 9.69. The van der Waals surface area contributed by atoms with Crippen molar-refractivity contribution in [2.24, 2.45) is 17.8 Å². The molecule has 0 amide bonds. The van der Waals surface area contributed by atoms with Crippen molar-refractivity contribution in [3.05, 3.63) is 102 Å². The molecule has 0 saturated heterocycles. The average molecular weight is 532 g/mol. The predicted octanol–water partition coefficient (Wildman–Crippen LogP) is 9.24. The highest BCUT2D eigenvalue weighted by atomic mass is 31.2. The van der Waals surface area contributed by atoms with Crippen LogP contribution in [0.25, 0.3) is 0 Å². The summed E-state index contributed by atoms with van der Waals surface area (Å²) in [6.45, 7) is 13.4. The highest BCUT2D eigenvalue weighted by molar-refractivity contribution is 7.67. The van der Waals surface area contributed by atoms with Crippen LogP contribution in [0.5, 0.6) is 0 Å². The van der Waals surface area contributed by atoms with Crippen molar-refractivity contribution in [3.8, 4) is 0 Å². The highest BCUT2D eigenvalue weighted by Crippen LogP contribution is 2.61. The molecule has 1 unspecified atom stereocenters. The van der Waals surface area contributed by atoms with E-state index < -0.39 is 13.2 Å². The summed E-state index contributed by atoms with van der Waals surface area (Å²) >= 11 is 0. The summed E-state index contributed by atoms with van der Waals surface area (Å²) in [5.41, 5.74) is 3.46.